The number of rotatable bonds is 10. The zero-order valence-electron chi connectivity index (χ0n) is 14.4. The van der Waals surface area contributed by atoms with Crippen molar-refractivity contribution in [1.29, 1.82) is 0 Å². The molecule has 1 rings (SSSR count). The van der Waals surface area contributed by atoms with E-state index in [1.807, 2.05) is 0 Å². The molecule has 0 aliphatic heterocycles. The number of ether oxygens (including phenoxy) is 2. The van der Waals surface area contributed by atoms with Crippen molar-refractivity contribution in [2.75, 3.05) is 13.2 Å². The van der Waals surface area contributed by atoms with Gasteiger partial charge in [-0.05, 0) is 44.0 Å². The Bertz CT molecular complexity index is 655. The Kier molecular flexibility index (Phi) is 8.55. The Hall–Kier alpha value is -3.17. The molecule has 4 N–H and O–H groups in total. The van der Waals surface area contributed by atoms with Gasteiger partial charge in [-0.25, -0.2) is 14.6 Å². The van der Waals surface area contributed by atoms with Crippen molar-refractivity contribution < 1.29 is 24.0 Å². The minimum atomic E-state index is -0.962. The van der Waals surface area contributed by atoms with Gasteiger partial charge >= 0.3 is 11.9 Å². The Morgan fingerprint density at radius 1 is 1.23 bits per heavy atom. The van der Waals surface area contributed by atoms with Crippen LogP contribution >= 0.6 is 0 Å². The molecule has 1 unspecified atom stereocenters. The molecule has 0 aliphatic rings. The van der Waals surface area contributed by atoms with Crippen LogP contribution in [0.2, 0.25) is 0 Å². The largest absolute Gasteiger partial charge is 0.462 e. The summed E-state index contributed by atoms with van der Waals surface area (Å²) in [6.07, 6.45) is 0.899. The van der Waals surface area contributed by atoms with Gasteiger partial charge in [0.05, 0.1) is 12.2 Å². The fourth-order valence-corrected chi connectivity index (χ4v) is 2.05. The Labute approximate surface area is 150 Å². The summed E-state index contributed by atoms with van der Waals surface area (Å²) in [4.78, 5) is 37.5. The molecule has 0 fully saturated rings. The molecule has 0 bridgehead atoms. The summed E-state index contributed by atoms with van der Waals surface area (Å²) in [5.41, 5.74) is 11.0. The van der Waals surface area contributed by atoms with Crippen molar-refractivity contribution in [2.45, 2.75) is 32.2 Å². The first-order valence-electron chi connectivity index (χ1n) is 8.03. The first-order valence-corrected chi connectivity index (χ1v) is 8.03. The molecule has 10 heteroatoms. The van der Waals surface area contributed by atoms with E-state index in [-0.39, 0.29) is 31.3 Å². The van der Waals surface area contributed by atoms with Crippen LogP contribution < -0.4 is 16.2 Å². The van der Waals surface area contributed by atoms with Crippen molar-refractivity contribution >= 4 is 17.9 Å². The molecule has 0 heterocycles. The lowest BCUT2D eigenvalue weighted by Crippen LogP contribution is -2.31. The van der Waals surface area contributed by atoms with Gasteiger partial charge in [-0.1, -0.05) is 0 Å². The summed E-state index contributed by atoms with van der Waals surface area (Å²) >= 11 is 0. The van der Waals surface area contributed by atoms with Gasteiger partial charge in [0.15, 0.2) is 12.0 Å². The number of nitro groups is 1. The zero-order valence-corrected chi connectivity index (χ0v) is 14.4. The van der Waals surface area contributed by atoms with Gasteiger partial charge in [0, 0.05) is 11.3 Å². The molecule has 0 aliphatic carbocycles. The first kappa shape index (κ1) is 20.9. The third-order valence-electron chi connectivity index (χ3n) is 3.23. The van der Waals surface area contributed by atoms with Crippen LogP contribution in [-0.4, -0.2) is 42.0 Å². The average molecular weight is 366 g/mol. The number of aliphatic imine (C=N–C) groups is 1. The van der Waals surface area contributed by atoms with E-state index in [2.05, 4.69) is 4.99 Å². The highest BCUT2D eigenvalue weighted by Crippen LogP contribution is 2.16. The number of benzene rings is 1. The number of unbranched alkanes of at least 4 members (excludes halogenated alkanes) is 1. The van der Waals surface area contributed by atoms with Crippen molar-refractivity contribution in [3.05, 3.63) is 39.9 Å². The predicted octanol–water partition coefficient (Wildman–Crippen LogP) is 0.858. The quantitative estimate of drug-likeness (QED) is 0.117. The molecule has 1 aromatic rings. The highest BCUT2D eigenvalue weighted by Gasteiger charge is 2.20. The van der Waals surface area contributed by atoms with Crippen molar-refractivity contribution in [1.82, 2.24) is 0 Å². The van der Waals surface area contributed by atoms with Crippen molar-refractivity contribution in [3.63, 3.8) is 0 Å². The van der Waals surface area contributed by atoms with Crippen LogP contribution in [0.4, 0.5) is 0 Å². The van der Waals surface area contributed by atoms with E-state index >= 15 is 0 Å². The second-order valence-electron chi connectivity index (χ2n) is 5.29. The molecule has 142 valence electrons. The van der Waals surface area contributed by atoms with E-state index in [1.54, 1.807) is 6.92 Å². The number of nitrogens with two attached hydrogens (primary N) is 2. The molecule has 1 atom stereocenters. The third-order valence-corrected chi connectivity index (χ3v) is 3.23. The van der Waals surface area contributed by atoms with Crippen LogP contribution in [0.3, 0.4) is 0 Å². The van der Waals surface area contributed by atoms with Gasteiger partial charge in [-0.2, -0.15) is 0 Å². The molecule has 0 amide bonds. The van der Waals surface area contributed by atoms with Crippen LogP contribution in [0.15, 0.2) is 29.3 Å². The molecule has 0 saturated heterocycles. The van der Waals surface area contributed by atoms with Gasteiger partial charge in [0.25, 0.3) is 0 Å². The van der Waals surface area contributed by atoms with Gasteiger partial charge < -0.3 is 20.9 Å². The fourth-order valence-electron chi connectivity index (χ4n) is 2.05. The molecule has 10 nitrogen and oxygen atoms in total. The van der Waals surface area contributed by atoms with Crippen molar-refractivity contribution in [3.8, 4) is 5.75 Å². The highest BCUT2D eigenvalue weighted by molar-refractivity contribution is 5.89. The number of esters is 2. The third kappa shape index (κ3) is 7.60. The maximum atomic E-state index is 12.2. The predicted molar refractivity (Wildman–Crippen MR) is 93.3 cm³/mol. The molecular formula is C16H22N4O6. The van der Waals surface area contributed by atoms with Crippen LogP contribution in [0, 0.1) is 10.1 Å². The molecule has 26 heavy (non-hydrogen) atoms. The number of carbonyl (C=O) groups is 2. The van der Waals surface area contributed by atoms with E-state index in [0.29, 0.717) is 18.4 Å². The maximum absolute atomic E-state index is 12.2. The minimum absolute atomic E-state index is 0.196. The van der Waals surface area contributed by atoms with Gasteiger partial charge in [-0.3, -0.25) is 10.1 Å². The zero-order chi connectivity index (χ0) is 19.5. The maximum Gasteiger partial charge on any atom is 0.338 e. The number of guanidine groups is 1. The van der Waals surface area contributed by atoms with Crippen molar-refractivity contribution in [2.24, 2.45) is 16.5 Å². The molecule has 1 aromatic carbocycles. The van der Waals surface area contributed by atoms with E-state index in [0.717, 1.165) is 0 Å². The van der Waals surface area contributed by atoms with E-state index in [1.165, 1.54) is 24.3 Å². The Morgan fingerprint density at radius 3 is 2.42 bits per heavy atom. The summed E-state index contributed by atoms with van der Waals surface area (Å²) < 4.78 is 10.1. The highest BCUT2D eigenvalue weighted by atomic mass is 16.6. The summed E-state index contributed by atoms with van der Waals surface area (Å²) in [5.74, 6) is -1.24. The summed E-state index contributed by atoms with van der Waals surface area (Å²) in [7, 11) is 0. The number of hydrogen-bond donors (Lipinski definition) is 2. The second kappa shape index (κ2) is 10.6. The lowest BCUT2D eigenvalue weighted by molar-refractivity contribution is -0.480. The Morgan fingerprint density at radius 2 is 1.88 bits per heavy atom. The molecule has 0 saturated carbocycles. The molecule has 0 aromatic heterocycles. The molecule has 0 radical (unpaired) electrons. The lowest BCUT2D eigenvalue weighted by atomic mass is 10.1. The average Bonchev–Trinajstić information content (AvgIpc) is 2.57. The number of carbonyl (C=O) groups excluding carboxylic acids is 2. The van der Waals surface area contributed by atoms with Gasteiger partial charge in [0.2, 0.25) is 6.54 Å². The van der Waals surface area contributed by atoms with Crippen LogP contribution in [0.1, 0.15) is 36.5 Å². The van der Waals surface area contributed by atoms with E-state index < -0.39 is 22.9 Å². The first-order chi connectivity index (χ1) is 12.3. The van der Waals surface area contributed by atoms with Crippen LogP contribution in [0.25, 0.3) is 0 Å². The fraction of sp³-hybridized carbons (Fsp3) is 0.438. The molecular weight excluding hydrogens is 344 g/mol. The SMILES string of the molecule is CCOC(=O)c1ccc(OC(=O)C(CCCC[N+](=O)[O-])N=C(N)N)cc1. The van der Waals surface area contributed by atoms with Gasteiger partial charge in [-0.15, -0.1) is 0 Å². The summed E-state index contributed by atoms with van der Waals surface area (Å²) in [5, 5.41) is 10.3. The van der Waals surface area contributed by atoms with Crippen LogP contribution in [0.5, 0.6) is 5.75 Å². The lowest BCUT2D eigenvalue weighted by Gasteiger charge is -2.12. The topological polar surface area (TPSA) is 160 Å². The van der Waals surface area contributed by atoms with E-state index in [4.69, 9.17) is 20.9 Å². The normalized spacial score (nSPS) is 11.3. The van der Waals surface area contributed by atoms with Gasteiger partial charge in [0.1, 0.15) is 5.75 Å². The smallest absolute Gasteiger partial charge is 0.338 e. The van der Waals surface area contributed by atoms with E-state index in [9.17, 15) is 19.7 Å². The summed E-state index contributed by atoms with van der Waals surface area (Å²) in [6, 6.07) is 4.87. The minimum Gasteiger partial charge on any atom is -0.462 e. The number of nitrogens with zero attached hydrogens (tertiary/aromatic N) is 2. The Balaban J connectivity index is 2.68. The second-order valence-corrected chi connectivity index (χ2v) is 5.29. The monoisotopic (exact) mass is 366 g/mol. The molecule has 0 spiro atoms. The number of hydrogen-bond acceptors (Lipinski definition) is 7. The standard InChI is InChI=1S/C16H22N4O6/c1-2-25-14(21)11-6-8-12(9-7-11)26-15(22)13(19-16(17)18)5-3-4-10-20(23)24/h6-9,13H,2-5,10H2,1H3,(H4,17,18,19). The van der Waals surface area contributed by atoms with Crippen LogP contribution in [-0.2, 0) is 9.53 Å². The summed E-state index contributed by atoms with van der Waals surface area (Å²) in [6.45, 7) is 1.76.